The second-order valence-corrected chi connectivity index (χ2v) is 4.59. The number of allylic oxidation sites excluding steroid dienone is 8. The molecule has 0 N–H and O–H groups in total. The van der Waals surface area contributed by atoms with Crippen molar-refractivity contribution in [3.8, 4) is 0 Å². The normalized spacial score (nSPS) is 25.4. The van der Waals surface area contributed by atoms with Crippen LogP contribution in [0.1, 0.15) is 27.2 Å². The molecule has 14 heavy (non-hydrogen) atoms. The highest BCUT2D eigenvalue weighted by Crippen LogP contribution is 2.35. The molecule has 2 aliphatic carbocycles. The summed E-state index contributed by atoms with van der Waals surface area (Å²) < 4.78 is 0. The van der Waals surface area contributed by atoms with Crippen molar-refractivity contribution in [3.63, 3.8) is 0 Å². The van der Waals surface area contributed by atoms with Crippen LogP contribution in [0.3, 0.4) is 0 Å². The minimum atomic E-state index is 0.645. The minimum absolute atomic E-state index is 0.645. The molecule has 0 fully saturated rings. The number of hydrogen-bond donors (Lipinski definition) is 0. The van der Waals surface area contributed by atoms with Crippen LogP contribution in [0.25, 0.3) is 0 Å². The Morgan fingerprint density at radius 2 is 2.07 bits per heavy atom. The third-order valence-electron chi connectivity index (χ3n) is 3.08. The van der Waals surface area contributed by atoms with E-state index in [1.807, 2.05) is 0 Å². The Labute approximate surface area is 86.7 Å². The maximum absolute atomic E-state index is 2.38. The van der Waals surface area contributed by atoms with Gasteiger partial charge in [0.2, 0.25) is 0 Å². The molecule has 0 aromatic rings. The first kappa shape index (κ1) is 9.51. The molecule has 0 aliphatic heterocycles. The Morgan fingerprint density at radius 1 is 1.29 bits per heavy atom. The van der Waals surface area contributed by atoms with Crippen LogP contribution < -0.4 is 0 Å². The number of hydrogen-bond acceptors (Lipinski definition) is 0. The van der Waals surface area contributed by atoms with Gasteiger partial charge in [-0.15, -0.1) is 0 Å². The molecule has 2 rings (SSSR count). The molecule has 1 atom stereocenters. The van der Waals surface area contributed by atoms with Crippen LogP contribution in [0, 0.1) is 11.8 Å². The third kappa shape index (κ3) is 1.61. The number of fused-ring (bicyclic) bond motifs is 1. The SMILES string of the molecule is CC(C)C1=CC2=CC=CCC(C)C2=C1. The molecule has 0 amide bonds. The van der Waals surface area contributed by atoms with Crippen molar-refractivity contribution in [2.75, 3.05) is 0 Å². The van der Waals surface area contributed by atoms with Crippen LogP contribution in [-0.2, 0) is 0 Å². The molecule has 2 aliphatic rings. The fourth-order valence-corrected chi connectivity index (χ4v) is 2.05. The van der Waals surface area contributed by atoms with Gasteiger partial charge >= 0.3 is 0 Å². The summed E-state index contributed by atoms with van der Waals surface area (Å²) in [5.74, 6) is 1.32. The zero-order valence-electron chi connectivity index (χ0n) is 9.25. The van der Waals surface area contributed by atoms with Crippen LogP contribution >= 0.6 is 0 Å². The van der Waals surface area contributed by atoms with E-state index in [0.717, 1.165) is 0 Å². The molecular weight excluding hydrogens is 168 g/mol. The monoisotopic (exact) mass is 186 g/mol. The summed E-state index contributed by atoms with van der Waals surface area (Å²) in [6.45, 7) is 6.83. The van der Waals surface area contributed by atoms with Crippen LogP contribution in [0.4, 0.5) is 0 Å². The Balaban J connectivity index is 2.36. The summed E-state index contributed by atoms with van der Waals surface area (Å²) in [7, 11) is 0. The highest BCUT2D eigenvalue weighted by Gasteiger charge is 2.19. The van der Waals surface area contributed by atoms with E-state index < -0.39 is 0 Å². The van der Waals surface area contributed by atoms with Gasteiger partial charge in [0.25, 0.3) is 0 Å². The van der Waals surface area contributed by atoms with Gasteiger partial charge in [-0.1, -0.05) is 51.2 Å². The van der Waals surface area contributed by atoms with Gasteiger partial charge in [-0.05, 0) is 35.0 Å². The maximum atomic E-state index is 2.38. The van der Waals surface area contributed by atoms with E-state index >= 15 is 0 Å². The largest absolute Gasteiger partial charge is 0.0839 e. The van der Waals surface area contributed by atoms with Crippen molar-refractivity contribution < 1.29 is 0 Å². The van der Waals surface area contributed by atoms with E-state index in [1.165, 1.54) is 23.1 Å². The van der Waals surface area contributed by atoms with Crippen LogP contribution in [0.5, 0.6) is 0 Å². The second-order valence-electron chi connectivity index (χ2n) is 4.59. The predicted octanol–water partition coefficient (Wildman–Crippen LogP) is 4.03. The molecule has 0 saturated heterocycles. The lowest BCUT2D eigenvalue weighted by atomic mass is 9.95. The van der Waals surface area contributed by atoms with Crippen molar-refractivity contribution in [2.24, 2.45) is 11.8 Å². The molecule has 0 nitrogen and oxygen atoms in total. The molecule has 0 spiro atoms. The van der Waals surface area contributed by atoms with Gasteiger partial charge in [0.05, 0.1) is 0 Å². The van der Waals surface area contributed by atoms with Gasteiger partial charge in [0, 0.05) is 0 Å². The standard InChI is InChI=1S/C14H18/c1-10(2)13-8-12-7-5-4-6-11(3)14(12)9-13/h4-5,7-11H,6H2,1-3H3. The Hall–Kier alpha value is -1.04. The lowest BCUT2D eigenvalue weighted by Crippen LogP contribution is -1.96. The summed E-state index contributed by atoms with van der Waals surface area (Å²) in [6, 6.07) is 0. The van der Waals surface area contributed by atoms with Crippen molar-refractivity contribution >= 4 is 0 Å². The van der Waals surface area contributed by atoms with Crippen LogP contribution in [0.2, 0.25) is 0 Å². The minimum Gasteiger partial charge on any atom is -0.0839 e. The molecule has 0 bridgehead atoms. The second kappa shape index (κ2) is 3.61. The summed E-state index contributed by atoms with van der Waals surface area (Å²) in [5.41, 5.74) is 4.43. The zero-order chi connectivity index (χ0) is 10.1. The van der Waals surface area contributed by atoms with Crippen LogP contribution in [-0.4, -0.2) is 0 Å². The molecule has 0 saturated carbocycles. The van der Waals surface area contributed by atoms with Crippen molar-refractivity contribution in [2.45, 2.75) is 27.2 Å². The molecule has 1 unspecified atom stereocenters. The van der Waals surface area contributed by atoms with Gasteiger partial charge in [0.15, 0.2) is 0 Å². The first-order chi connectivity index (χ1) is 6.68. The average molecular weight is 186 g/mol. The molecule has 0 aromatic carbocycles. The maximum Gasteiger partial charge on any atom is -0.0150 e. The lowest BCUT2D eigenvalue weighted by molar-refractivity contribution is 0.709. The van der Waals surface area contributed by atoms with E-state index in [2.05, 4.69) is 51.2 Å². The quantitative estimate of drug-likeness (QED) is 0.580. The summed E-state index contributed by atoms with van der Waals surface area (Å²) >= 11 is 0. The number of rotatable bonds is 1. The van der Waals surface area contributed by atoms with E-state index in [0.29, 0.717) is 11.8 Å². The molecule has 0 heterocycles. The van der Waals surface area contributed by atoms with E-state index in [1.54, 1.807) is 0 Å². The summed E-state index contributed by atoms with van der Waals surface area (Å²) in [5, 5.41) is 0. The Kier molecular flexibility index (Phi) is 2.45. The van der Waals surface area contributed by atoms with E-state index in [4.69, 9.17) is 0 Å². The van der Waals surface area contributed by atoms with E-state index in [-0.39, 0.29) is 0 Å². The fourth-order valence-electron chi connectivity index (χ4n) is 2.05. The topological polar surface area (TPSA) is 0 Å². The summed E-state index contributed by atoms with van der Waals surface area (Å²) in [6.07, 6.45) is 12.6. The molecular formula is C14H18. The first-order valence-electron chi connectivity index (χ1n) is 5.49. The molecule has 0 heteroatoms. The van der Waals surface area contributed by atoms with Gasteiger partial charge < -0.3 is 0 Å². The van der Waals surface area contributed by atoms with Gasteiger partial charge in [-0.25, -0.2) is 0 Å². The highest BCUT2D eigenvalue weighted by molar-refractivity contribution is 5.56. The van der Waals surface area contributed by atoms with Crippen molar-refractivity contribution in [3.05, 3.63) is 47.1 Å². The highest BCUT2D eigenvalue weighted by atomic mass is 14.2. The first-order valence-corrected chi connectivity index (χ1v) is 5.49. The van der Waals surface area contributed by atoms with Gasteiger partial charge in [-0.3, -0.25) is 0 Å². The molecule has 0 radical (unpaired) electrons. The summed E-state index contributed by atoms with van der Waals surface area (Å²) in [4.78, 5) is 0. The average Bonchev–Trinajstić information content (AvgIpc) is 2.49. The van der Waals surface area contributed by atoms with Crippen molar-refractivity contribution in [1.29, 1.82) is 0 Å². The Bertz CT molecular complexity index is 348. The smallest absolute Gasteiger partial charge is 0.0150 e. The fraction of sp³-hybridized carbons (Fsp3) is 0.429. The Morgan fingerprint density at radius 3 is 2.79 bits per heavy atom. The predicted molar refractivity (Wildman–Crippen MR) is 62.0 cm³/mol. The third-order valence-corrected chi connectivity index (χ3v) is 3.08. The van der Waals surface area contributed by atoms with Gasteiger partial charge in [0.1, 0.15) is 0 Å². The van der Waals surface area contributed by atoms with E-state index in [9.17, 15) is 0 Å². The molecule has 74 valence electrons. The zero-order valence-corrected chi connectivity index (χ0v) is 9.25. The lowest BCUT2D eigenvalue weighted by Gasteiger charge is -2.10. The van der Waals surface area contributed by atoms with Crippen LogP contribution in [0.15, 0.2) is 47.1 Å². The molecule has 0 aromatic heterocycles. The van der Waals surface area contributed by atoms with Crippen molar-refractivity contribution in [1.82, 2.24) is 0 Å². The van der Waals surface area contributed by atoms with Gasteiger partial charge in [-0.2, -0.15) is 0 Å².